The third kappa shape index (κ3) is 4.62. The van der Waals surface area contributed by atoms with E-state index < -0.39 is 0 Å². The number of urea groups is 1. The molecule has 3 aromatic rings. The molecule has 4 rings (SSSR count). The highest BCUT2D eigenvalue weighted by atomic mass is 16.2. The molecule has 0 aliphatic carbocycles. The number of benzene rings is 2. The Balaban J connectivity index is 1.19. The Kier molecular flexibility index (Phi) is 5.97. The number of ketones is 1. The third-order valence-corrected chi connectivity index (χ3v) is 5.51. The second-order valence-electron chi connectivity index (χ2n) is 7.61. The standard InChI is InChI=1S/C23H27N5O2/c1-17(29)18-8-10-19(11-9-18)27-13-15-28(16-14-27)23(30)24-12-4-7-22-25-20-5-2-3-6-21(20)26-22/h2-3,5-6,8-11H,4,7,12-16H2,1H3,(H,24,30)(H,25,26). The van der Waals surface area contributed by atoms with Crippen LogP contribution in [-0.2, 0) is 6.42 Å². The zero-order chi connectivity index (χ0) is 20.9. The lowest BCUT2D eigenvalue weighted by molar-refractivity contribution is 0.101. The van der Waals surface area contributed by atoms with Gasteiger partial charge in [-0.05, 0) is 49.7 Å². The second kappa shape index (κ2) is 8.98. The molecule has 7 nitrogen and oxygen atoms in total. The van der Waals surface area contributed by atoms with Crippen LogP contribution in [0.3, 0.4) is 0 Å². The molecule has 0 radical (unpaired) electrons. The van der Waals surface area contributed by atoms with Gasteiger partial charge >= 0.3 is 6.03 Å². The number of piperazine rings is 1. The first-order valence-corrected chi connectivity index (χ1v) is 10.4. The van der Waals surface area contributed by atoms with Gasteiger partial charge in [0, 0.05) is 50.4 Å². The predicted molar refractivity (Wildman–Crippen MR) is 118 cm³/mol. The average Bonchev–Trinajstić information content (AvgIpc) is 3.19. The van der Waals surface area contributed by atoms with Crippen molar-refractivity contribution >= 4 is 28.5 Å². The molecule has 7 heteroatoms. The molecule has 2 heterocycles. The number of amides is 2. The monoisotopic (exact) mass is 405 g/mol. The summed E-state index contributed by atoms with van der Waals surface area (Å²) in [7, 11) is 0. The smallest absolute Gasteiger partial charge is 0.317 e. The molecule has 0 atom stereocenters. The van der Waals surface area contributed by atoms with Gasteiger partial charge in [-0.25, -0.2) is 9.78 Å². The largest absolute Gasteiger partial charge is 0.368 e. The van der Waals surface area contributed by atoms with Crippen LogP contribution < -0.4 is 10.2 Å². The van der Waals surface area contributed by atoms with Gasteiger partial charge in [-0.2, -0.15) is 0 Å². The van der Waals surface area contributed by atoms with Crippen LogP contribution in [0.25, 0.3) is 11.0 Å². The van der Waals surface area contributed by atoms with E-state index in [0.29, 0.717) is 19.6 Å². The van der Waals surface area contributed by atoms with Crippen molar-refractivity contribution in [3.05, 3.63) is 59.9 Å². The molecule has 156 valence electrons. The molecule has 2 N–H and O–H groups in total. The second-order valence-corrected chi connectivity index (χ2v) is 7.61. The van der Waals surface area contributed by atoms with E-state index >= 15 is 0 Å². The lowest BCUT2D eigenvalue weighted by Crippen LogP contribution is -2.52. The van der Waals surface area contributed by atoms with Crippen molar-refractivity contribution in [1.82, 2.24) is 20.2 Å². The first-order valence-electron chi connectivity index (χ1n) is 10.4. The Morgan fingerprint density at radius 3 is 2.47 bits per heavy atom. The Bertz CT molecular complexity index is 987. The fourth-order valence-corrected chi connectivity index (χ4v) is 3.76. The maximum Gasteiger partial charge on any atom is 0.317 e. The first-order chi connectivity index (χ1) is 14.6. The lowest BCUT2D eigenvalue weighted by Gasteiger charge is -2.36. The summed E-state index contributed by atoms with van der Waals surface area (Å²) >= 11 is 0. The lowest BCUT2D eigenvalue weighted by atomic mass is 10.1. The number of carbonyl (C=O) groups excluding carboxylic acids is 2. The number of nitrogens with zero attached hydrogens (tertiary/aromatic N) is 3. The van der Waals surface area contributed by atoms with E-state index in [1.807, 2.05) is 53.4 Å². The van der Waals surface area contributed by atoms with E-state index in [-0.39, 0.29) is 11.8 Å². The molecule has 2 amide bonds. The van der Waals surface area contributed by atoms with E-state index in [1.54, 1.807) is 6.92 Å². The van der Waals surface area contributed by atoms with Gasteiger partial charge in [0.2, 0.25) is 0 Å². The number of rotatable bonds is 6. The van der Waals surface area contributed by atoms with Crippen molar-refractivity contribution in [3.8, 4) is 0 Å². The highest BCUT2D eigenvalue weighted by Gasteiger charge is 2.21. The van der Waals surface area contributed by atoms with Gasteiger partial charge < -0.3 is 20.1 Å². The number of nitrogens with one attached hydrogen (secondary N) is 2. The molecular weight excluding hydrogens is 378 g/mol. The van der Waals surface area contributed by atoms with Crippen LogP contribution in [0.1, 0.15) is 29.5 Å². The molecule has 1 aliphatic heterocycles. The number of aryl methyl sites for hydroxylation is 1. The van der Waals surface area contributed by atoms with E-state index in [4.69, 9.17) is 0 Å². The van der Waals surface area contributed by atoms with E-state index in [0.717, 1.165) is 54.0 Å². The SMILES string of the molecule is CC(=O)c1ccc(N2CCN(C(=O)NCCCc3nc4ccccc4[nH]3)CC2)cc1. The number of para-hydroxylation sites is 2. The zero-order valence-electron chi connectivity index (χ0n) is 17.2. The van der Waals surface area contributed by atoms with E-state index in [1.165, 1.54) is 0 Å². The van der Waals surface area contributed by atoms with Crippen molar-refractivity contribution in [2.45, 2.75) is 19.8 Å². The van der Waals surface area contributed by atoms with Crippen molar-refractivity contribution in [2.75, 3.05) is 37.6 Å². The molecule has 0 spiro atoms. The summed E-state index contributed by atoms with van der Waals surface area (Å²) < 4.78 is 0. The number of hydrogen-bond acceptors (Lipinski definition) is 4. The minimum Gasteiger partial charge on any atom is -0.368 e. The Morgan fingerprint density at radius 1 is 1.03 bits per heavy atom. The number of carbonyl (C=O) groups is 2. The summed E-state index contributed by atoms with van der Waals surface area (Å²) in [6, 6.07) is 15.7. The molecule has 0 saturated carbocycles. The first kappa shape index (κ1) is 19.9. The normalized spacial score (nSPS) is 14.2. The molecular formula is C23H27N5O2. The Hall–Kier alpha value is -3.35. The van der Waals surface area contributed by atoms with E-state index in [9.17, 15) is 9.59 Å². The Morgan fingerprint density at radius 2 is 1.77 bits per heavy atom. The Labute approximate surface area is 176 Å². The topological polar surface area (TPSA) is 81.3 Å². The van der Waals surface area contributed by atoms with Crippen LogP contribution in [0.5, 0.6) is 0 Å². The summed E-state index contributed by atoms with van der Waals surface area (Å²) in [5.41, 5.74) is 3.83. The molecule has 0 unspecified atom stereocenters. The molecule has 1 aliphatic rings. The number of aromatic nitrogens is 2. The maximum absolute atomic E-state index is 12.4. The van der Waals surface area contributed by atoms with Gasteiger partial charge in [0.25, 0.3) is 0 Å². The number of Topliss-reactive ketones (excluding diaryl/α,β-unsaturated/α-hetero) is 1. The van der Waals surface area contributed by atoms with Gasteiger partial charge in [0.1, 0.15) is 5.82 Å². The number of fused-ring (bicyclic) bond motifs is 1. The van der Waals surface area contributed by atoms with Crippen LogP contribution in [0.15, 0.2) is 48.5 Å². The molecule has 2 aromatic carbocycles. The highest BCUT2D eigenvalue weighted by Crippen LogP contribution is 2.18. The van der Waals surface area contributed by atoms with Gasteiger partial charge in [-0.1, -0.05) is 12.1 Å². The van der Waals surface area contributed by atoms with Crippen molar-refractivity contribution in [1.29, 1.82) is 0 Å². The minimum absolute atomic E-state index is 0.00816. The fourth-order valence-electron chi connectivity index (χ4n) is 3.76. The van der Waals surface area contributed by atoms with Gasteiger partial charge in [-0.15, -0.1) is 0 Å². The van der Waals surface area contributed by atoms with Crippen LogP contribution in [0, 0.1) is 0 Å². The highest BCUT2D eigenvalue weighted by molar-refractivity contribution is 5.94. The number of imidazole rings is 1. The summed E-state index contributed by atoms with van der Waals surface area (Å²) in [5.74, 6) is 1.03. The fraction of sp³-hybridized carbons (Fsp3) is 0.348. The average molecular weight is 406 g/mol. The predicted octanol–water partition coefficient (Wildman–Crippen LogP) is 3.23. The quantitative estimate of drug-likeness (QED) is 0.487. The number of aromatic amines is 1. The number of H-pyrrole nitrogens is 1. The molecule has 1 saturated heterocycles. The van der Waals surface area contributed by atoms with Crippen molar-refractivity contribution < 1.29 is 9.59 Å². The van der Waals surface area contributed by atoms with Crippen molar-refractivity contribution in [3.63, 3.8) is 0 Å². The van der Waals surface area contributed by atoms with Crippen molar-refractivity contribution in [2.24, 2.45) is 0 Å². The maximum atomic E-state index is 12.4. The van der Waals surface area contributed by atoms with Gasteiger partial charge in [0.15, 0.2) is 5.78 Å². The number of anilines is 1. The molecule has 30 heavy (non-hydrogen) atoms. The summed E-state index contributed by atoms with van der Waals surface area (Å²) in [6.45, 7) is 5.14. The number of hydrogen-bond donors (Lipinski definition) is 2. The summed E-state index contributed by atoms with van der Waals surface area (Å²) in [6.07, 6.45) is 1.65. The van der Waals surface area contributed by atoms with Crippen LogP contribution in [-0.4, -0.2) is 59.4 Å². The molecule has 0 bridgehead atoms. The molecule has 1 fully saturated rings. The van der Waals surface area contributed by atoms with Crippen LogP contribution in [0.4, 0.5) is 10.5 Å². The zero-order valence-corrected chi connectivity index (χ0v) is 17.2. The van der Waals surface area contributed by atoms with Gasteiger partial charge in [-0.3, -0.25) is 4.79 Å². The molecule has 1 aromatic heterocycles. The third-order valence-electron chi connectivity index (χ3n) is 5.51. The summed E-state index contributed by atoms with van der Waals surface area (Å²) in [4.78, 5) is 35.9. The van der Waals surface area contributed by atoms with Gasteiger partial charge in [0.05, 0.1) is 11.0 Å². The van der Waals surface area contributed by atoms with Crippen LogP contribution in [0.2, 0.25) is 0 Å². The van der Waals surface area contributed by atoms with E-state index in [2.05, 4.69) is 20.2 Å². The van der Waals surface area contributed by atoms with Crippen LogP contribution >= 0.6 is 0 Å². The summed E-state index contributed by atoms with van der Waals surface area (Å²) in [5, 5.41) is 3.02. The minimum atomic E-state index is -0.00816.